The number of aromatic nitrogens is 2. The summed E-state index contributed by atoms with van der Waals surface area (Å²) in [6.07, 6.45) is 8.50. The molecule has 0 saturated carbocycles. The van der Waals surface area contributed by atoms with E-state index < -0.39 is 0 Å². The minimum atomic E-state index is -0.0302. The van der Waals surface area contributed by atoms with Crippen molar-refractivity contribution in [2.45, 2.75) is 26.7 Å². The lowest BCUT2D eigenvalue weighted by Gasteiger charge is -2.29. The van der Waals surface area contributed by atoms with E-state index in [2.05, 4.69) is 9.97 Å². The summed E-state index contributed by atoms with van der Waals surface area (Å²) in [6.45, 7) is 5.25. The first-order chi connectivity index (χ1) is 18.9. The highest BCUT2D eigenvalue weighted by Crippen LogP contribution is 2.29. The van der Waals surface area contributed by atoms with Gasteiger partial charge in [-0.2, -0.15) is 0 Å². The molecule has 8 nitrogen and oxygen atoms in total. The number of nitrogens with zero attached hydrogens (tertiary/aromatic N) is 4. The number of anilines is 2. The molecular formula is C31H30N4O4. The van der Waals surface area contributed by atoms with E-state index in [-0.39, 0.29) is 17.6 Å². The third-order valence-electron chi connectivity index (χ3n) is 7.17. The molecule has 0 atom stereocenters. The topological polar surface area (TPSA) is 95.9 Å². The van der Waals surface area contributed by atoms with Gasteiger partial charge in [-0.05, 0) is 97.5 Å². The first-order valence-corrected chi connectivity index (χ1v) is 12.8. The van der Waals surface area contributed by atoms with Crippen LogP contribution < -0.4 is 14.5 Å². The monoisotopic (exact) mass is 522 g/mol. The molecule has 2 aliphatic heterocycles. The number of phenolic OH excluding ortho intramolecular Hbond substituents is 1. The Morgan fingerprint density at radius 3 is 1.77 bits per heavy atom. The van der Waals surface area contributed by atoms with Gasteiger partial charge < -0.3 is 19.6 Å². The molecule has 0 spiro atoms. The zero-order valence-corrected chi connectivity index (χ0v) is 22.2. The summed E-state index contributed by atoms with van der Waals surface area (Å²) in [5.41, 5.74) is 7.20. The molecule has 8 heteroatoms. The van der Waals surface area contributed by atoms with Crippen molar-refractivity contribution < 1.29 is 19.4 Å². The molecule has 2 aliphatic rings. The van der Waals surface area contributed by atoms with Crippen LogP contribution in [-0.2, 0) is 12.8 Å². The lowest BCUT2D eigenvalue weighted by Crippen LogP contribution is -2.38. The van der Waals surface area contributed by atoms with E-state index in [1.807, 2.05) is 44.2 Å². The fourth-order valence-electron chi connectivity index (χ4n) is 5.00. The van der Waals surface area contributed by atoms with Crippen LogP contribution in [0.2, 0.25) is 0 Å². The SMILES string of the molecule is COc1ccc2c(c1)CCN(c1cnccc1C)C2=O.Cc1ccncc1N1CCc2cc(O)ccc2C1=O. The minimum Gasteiger partial charge on any atom is -0.508 e. The van der Waals surface area contributed by atoms with Gasteiger partial charge in [0.25, 0.3) is 11.8 Å². The van der Waals surface area contributed by atoms with E-state index in [1.165, 1.54) is 0 Å². The third-order valence-corrected chi connectivity index (χ3v) is 7.17. The molecule has 0 unspecified atom stereocenters. The van der Waals surface area contributed by atoms with Crippen LogP contribution in [0.1, 0.15) is 43.0 Å². The highest BCUT2D eigenvalue weighted by atomic mass is 16.5. The Labute approximate surface area is 227 Å². The molecule has 0 saturated heterocycles. The lowest BCUT2D eigenvalue weighted by atomic mass is 9.98. The number of amides is 2. The highest BCUT2D eigenvalue weighted by molar-refractivity contribution is 6.09. The molecule has 2 aromatic carbocycles. The number of aromatic hydroxyl groups is 1. The number of rotatable bonds is 3. The lowest BCUT2D eigenvalue weighted by molar-refractivity contribution is 0.0972. The second kappa shape index (κ2) is 10.9. The van der Waals surface area contributed by atoms with Crippen molar-refractivity contribution in [3.05, 3.63) is 107 Å². The van der Waals surface area contributed by atoms with Gasteiger partial charge in [0.05, 0.1) is 30.9 Å². The van der Waals surface area contributed by atoms with Gasteiger partial charge in [0, 0.05) is 36.6 Å². The van der Waals surface area contributed by atoms with Crippen LogP contribution in [-0.4, -0.2) is 47.1 Å². The number of hydrogen-bond donors (Lipinski definition) is 1. The predicted molar refractivity (Wildman–Crippen MR) is 150 cm³/mol. The van der Waals surface area contributed by atoms with E-state index in [9.17, 15) is 14.7 Å². The molecule has 4 aromatic rings. The van der Waals surface area contributed by atoms with Gasteiger partial charge in [-0.15, -0.1) is 0 Å². The fraction of sp³-hybridized carbons (Fsp3) is 0.226. The molecule has 4 heterocycles. The number of hydrogen-bond acceptors (Lipinski definition) is 6. The van der Waals surface area contributed by atoms with Crippen molar-refractivity contribution in [1.82, 2.24) is 9.97 Å². The molecule has 0 aliphatic carbocycles. The maximum Gasteiger partial charge on any atom is 0.258 e. The Morgan fingerprint density at radius 2 is 1.26 bits per heavy atom. The zero-order chi connectivity index (χ0) is 27.5. The predicted octanol–water partition coefficient (Wildman–Crippen LogP) is 4.90. The number of phenols is 1. The number of pyridine rings is 2. The maximum atomic E-state index is 12.6. The minimum absolute atomic E-state index is 0.0302. The van der Waals surface area contributed by atoms with Crippen molar-refractivity contribution in [3.63, 3.8) is 0 Å². The number of carbonyl (C=O) groups is 2. The van der Waals surface area contributed by atoms with E-state index in [0.717, 1.165) is 57.8 Å². The summed E-state index contributed by atoms with van der Waals surface area (Å²) in [5, 5.41) is 9.47. The number of fused-ring (bicyclic) bond motifs is 2. The fourth-order valence-corrected chi connectivity index (χ4v) is 5.00. The highest BCUT2D eigenvalue weighted by Gasteiger charge is 2.27. The maximum absolute atomic E-state index is 12.6. The number of ether oxygens (including phenoxy) is 1. The summed E-state index contributed by atoms with van der Waals surface area (Å²) in [5.74, 6) is 1.00. The van der Waals surface area contributed by atoms with Crippen molar-refractivity contribution >= 4 is 23.2 Å². The van der Waals surface area contributed by atoms with Crippen LogP contribution >= 0.6 is 0 Å². The standard InChI is InChI=1S/C16H16N2O2.C15H14N2O2/c1-11-5-7-17-10-15(11)18-8-6-12-9-13(20-2)3-4-14(12)16(18)19;1-10-4-6-16-9-14(10)17-7-5-11-8-12(18)2-3-13(11)15(17)19/h3-5,7,9-10H,6,8H2,1-2H3;2-4,6,8-9,18H,5,7H2,1H3. The number of methoxy groups -OCH3 is 1. The van der Waals surface area contributed by atoms with Crippen molar-refractivity contribution in [3.8, 4) is 11.5 Å². The van der Waals surface area contributed by atoms with Gasteiger partial charge >= 0.3 is 0 Å². The van der Waals surface area contributed by atoms with Crippen molar-refractivity contribution in [2.24, 2.45) is 0 Å². The molecule has 0 fully saturated rings. The Hall–Kier alpha value is -4.72. The van der Waals surface area contributed by atoms with Crippen molar-refractivity contribution in [2.75, 3.05) is 30.0 Å². The Bertz CT molecular complexity index is 1550. The smallest absolute Gasteiger partial charge is 0.258 e. The van der Waals surface area contributed by atoms with Gasteiger partial charge in [0.2, 0.25) is 0 Å². The Balaban J connectivity index is 0.000000158. The average molecular weight is 523 g/mol. The van der Waals surface area contributed by atoms with Crippen LogP contribution in [0.3, 0.4) is 0 Å². The average Bonchev–Trinajstić information content (AvgIpc) is 2.95. The van der Waals surface area contributed by atoms with Crippen LogP contribution in [0.4, 0.5) is 11.4 Å². The molecule has 2 amide bonds. The summed E-state index contributed by atoms with van der Waals surface area (Å²) < 4.78 is 5.21. The van der Waals surface area contributed by atoms with Gasteiger partial charge in [-0.3, -0.25) is 19.6 Å². The largest absolute Gasteiger partial charge is 0.508 e. The number of aryl methyl sites for hydroxylation is 2. The second-order valence-electron chi connectivity index (χ2n) is 9.60. The molecule has 1 N–H and O–H groups in total. The van der Waals surface area contributed by atoms with Crippen LogP contribution in [0.25, 0.3) is 0 Å². The van der Waals surface area contributed by atoms with E-state index in [1.54, 1.807) is 59.9 Å². The summed E-state index contributed by atoms with van der Waals surface area (Å²) in [7, 11) is 1.64. The van der Waals surface area contributed by atoms with E-state index >= 15 is 0 Å². The molecular weight excluding hydrogens is 492 g/mol. The quantitative estimate of drug-likeness (QED) is 0.411. The molecule has 2 aromatic heterocycles. The van der Waals surface area contributed by atoms with Crippen LogP contribution in [0.15, 0.2) is 73.3 Å². The number of carbonyl (C=O) groups excluding carboxylic acids is 2. The zero-order valence-electron chi connectivity index (χ0n) is 22.2. The molecule has 198 valence electrons. The van der Waals surface area contributed by atoms with Crippen molar-refractivity contribution in [1.29, 1.82) is 0 Å². The molecule has 6 rings (SSSR count). The van der Waals surface area contributed by atoms with E-state index in [0.29, 0.717) is 18.7 Å². The van der Waals surface area contributed by atoms with E-state index in [4.69, 9.17) is 4.74 Å². The van der Waals surface area contributed by atoms with Gasteiger partial charge in [0.15, 0.2) is 0 Å². The summed E-state index contributed by atoms with van der Waals surface area (Å²) in [4.78, 5) is 36.9. The normalized spacial score (nSPS) is 14.2. The van der Waals surface area contributed by atoms with Crippen LogP contribution in [0.5, 0.6) is 11.5 Å². The second-order valence-corrected chi connectivity index (χ2v) is 9.60. The molecule has 0 bridgehead atoms. The Morgan fingerprint density at radius 1 is 0.744 bits per heavy atom. The Kier molecular flexibility index (Phi) is 7.27. The third kappa shape index (κ3) is 5.18. The summed E-state index contributed by atoms with van der Waals surface area (Å²) >= 11 is 0. The van der Waals surface area contributed by atoms with Crippen LogP contribution in [0, 0.1) is 13.8 Å². The van der Waals surface area contributed by atoms with Gasteiger partial charge in [-0.1, -0.05) is 0 Å². The van der Waals surface area contributed by atoms with Gasteiger partial charge in [-0.25, -0.2) is 0 Å². The summed E-state index contributed by atoms with van der Waals surface area (Å²) in [6, 6.07) is 14.3. The molecule has 39 heavy (non-hydrogen) atoms. The number of benzene rings is 2. The first-order valence-electron chi connectivity index (χ1n) is 12.8. The first kappa shape index (κ1) is 25.9. The molecule has 0 radical (unpaired) electrons. The van der Waals surface area contributed by atoms with Gasteiger partial charge in [0.1, 0.15) is 11.5 Å².